The van der Waals surface area contributed by atoms with Gasteiger partial charge in [-0.3, -0.25) is 0 Å². The van der Waals surface area contributed by atoms with Gasteiger partial charge in [0.15, 0.2) is 0 Å². The molecule has 0 unspecified atom stereocenters. The molecule has 2 aromatic rings. The van der Waals surface area contributed by atoms with Gasteiger partial charge in [-0.1, -0.05) is 11.6 Å². The van der Waals surface area contributed by atoms with E-state index in [1.165, 1.54) is 6.07 Å². The van der Waals surface area contributed by atoms with Crippen molar-refractivity contribution in [2.24, 2.45) is 0 Å². The molecule has 1 aromatic heterocycles. The topological polar surface area (TPSA) is 90.3 Å². The summed E-state index contributed by atoms with van der Waals surface area (Å²) >= 11 is 6.10. The number of hydrogen-bond acceptors (Lipinski definition) is 6. The summed E-state index contributed by atoms with van der Waals surface area (Å²) in [6, 6.07) is 6.63. The first-order chi connectivity index (χ1) is 10.7. The number of nitrogens with one attached hydrogen (secondary N) is 2. The average Bonchev–Trinajstić information content (AvgIpc) is 3.33. The Labute approximate surface area is 133 Å². The van der Waals surface area contributed by atoms with Crippen LogP contribution in [0.25, 0.3) is 0 Å². The number of nitrogens with zero attached hydrogens (tertiary/aromatic N) is 2. The van der Waals surface area contributed by atoms with E-state index in [0.29, 0.717) is 34.9 Å². The van der Waals surface area contributed by atoms with Crippen molar-refractivity contribution < 1.29 is 10.2 Å². The molecule has 1 aliphatic carbocycles. The van der Waals surface area contributed by atoms with E-state index in [1.807, 2.05) is 6.07 Å². The van der Waals surface area contributed by atoms with Crippen LogP contribution >= 0.6 is 11.6 Å². The Balaban J connectivity index is 1.86. The fourth-order valence-electron chi connectivity index (χ4n) is 2.11. The van der Waals surface area contributed by atoms with E-state index in [9.17, 15) is 5.11 Å². The number of benzene rings is 1. The molecule has 0 saturated heterocycles. The second kappa shape index (κ2) is 6.37. The van der Waals surface area contributed by atoms with Gasteiger partial charge in [-0.15, -0.1) is 0 Å². The van der Waals surface area contributed by atoms with E-state index < -0.39 is 0 Å². The summed E-state index contributed by atoms with van der Waals surface area (Å²) in [5, 5.41) is 24.8. The molecule has 116 valence electrons. The number of rotatable bonds is 6. The van der Waals surface area contributed by atoms with Gasteiger partial charge in [0.05, 0.1) is 23.0 Å². The maximum absolute atomic E-state index is 9.40. The molecule has 0 amide bonds. The third-order valence-electron chi connectivity index (χ3n) is 3.35. The Morgan fingerprint density at radius 3 is 2.73 bits per heavy atom. The molecule has 1 fully saturated rings. The summed E-state index contributed by atoms with van der Waals surface area (Å²) in [5.74, 6) is 1.71. The summed E-state index contributed by atoms with van der Waals surface area (Å²) in [7, 11) is 0. The molecular formula is C15H17ClN4O2. The summed E-state index contributed by atoms with van der Waals surface area (Å²) in [6.07, 6.45) is 2.27. The van der Waals surface area contributed by atoms with Gasteiger partial charge in [0.2, 0.25) is 5.95 Å². The lowest BCUT2D eigenvalue weighted by atomic mass is 10.2. The zero-order valence-electron chi connectivity index (χ0n) is 11.9. The second-order valence-corrected chi connectivity index (χ2v) is 5.62. The molecule has 1 aliphatic rings. The van der Waals surface area contributed by atoms with E-state index in [1.54, 1.807) is 12.1 Å². The first-order valence-electron chi connectivity index (χ1n) is 7.15. The van der Waals surface area contributed by atoms with Crippen LogP contribution in [0.15, 0.2) is 24.3 Å². The van der Waals surface area contributed by atoms with Crippen molar-refractivity contribution in [1.82, 2.24) is 9.97 Å². The van der Waals surface area contributed by atoms with E-state index in [0.717, 1.165) is 18.5 Å². The molecule has 0 atom stereocenters. The van der Waals surface area contributed by atoms with Crippen LogP contribution < -0.4 is 10.6 Å². The van der Waals surface area contributed by atoms with Crippen LogP contribution in [0, 0.1) is 0 Å². The van der Waals surface area contributed by atoms with Crippen molar-refractivity contribution in [3.8, 4) is 5.75 Å². The Morgan fingerprint density at radius 1 is 1.23 bits per heavy atom. The lowest BCUT2D eigenvalue weighted by Crippen LogP contribution is -2.10. The fourth-order valence-corrected chi connectivity index (χ4v) is 2.33. The van der Waals surface area contributed by atoms with Gasteiger partial charge in [-0.05, 0) is 25.0 Å². The standard InChI is InChI=1S/C15H17ClN4O2/c16-11-7-10(22)3-4-12(11)18-14-8-13(9-1-2-9)19-15(20-14)17-5-6-21/h3-4,7-9,21-22H,1-2,5-6H2,(H2,17,18,19,20). The summed E-state index contributed by atoms with van der Waals surface area (Å²) in [5.41, 5.74) is 1.64. The largest absolute Gasteiger partial charge is 0.508 e. The lowest BCUT2D eigenvalue weighted by molar-refractivity contribution is 0.311. The number of aromatic hydroxyl groups is 1. The molecule has 1 saturated carbocycles. The first-order valence-corrected chi connectivity index (χ1v) is 7.53. The monoisotopic (exact) mass is 320 g/mol. The molecule has 1 aromatic carbocycles. The lowest BCUT2D eigenvalue weighted by Gasteiger charge is -2.11. The smallest absolute Gasteiger partial charge is 0.224 e. The molecule has 1 heterocycles. The Bertz CT molecular complexity index is 677. The van der Waals surface area contributed by atoms with Crippen LogP contribution in [0.2, 0.25) is 5.02 Å². The number of phenols is 1. The van der Waals surface area contributed by atoms with Crippen LogP contribution in [0.1, 0.15) is 24.5 Å². The van der Waals surface area contributed by atoms with Gasteiger partial charge in [-0.2, -0.15) is 4.98 Å². The fraction of sp³-hybridized carbons (Fsp3) is 0.333. The molecule has 7 heteroatoms. The quantitative estimate of drug-likeness (QED) is 0.612. The summed E-state index contributed by atoms with van der Waals surface area (Å²) < 4.78 is 0. The van der Waals surface area contributed by atoms with E-state index >= 15 is 0 Å². The van der Waals surface area contributed by atoms with Crippen LogP contribution in [-0.4, -0.2) is 33.3 Å². The van der Waals surface area contributed by atoms with Crippen molar-refractivity contribution in [3.63, 3.8) is 0 Å². The van der Waals surface area contributed by atoms with Gasteiger partial charge in [0, 0.05) is 24.6 Å². The maximum Gasteiger partial charge on any atom is 0.224 e. The minimum Gasteiger partial charge on any atom is -0.508 e. The highest BCUT2D eigenvalue weighted by atomic mass is 35.5. The predicted molar refractivity (Wildman–Crippen MR) is 86.0 cm³/mol. The van der Waals surface area contributed by atoms with Gasteiger partial charge in [-0.25, -0.2) is 4.98 Å². The number of aromatic nitrogens is 2. The number of aliphatic hydroxyl groups excluding tert-OH is 1. The minimum atomic E-state index is 0.0174. The normalized spacial score (nSPS) is 13.9. The molecule has 22 heavy (non-hydrogen) atoms. The van der Waals surface area contributed by atoms with Gasteiger partial charge in [0.1, 0.15) is 11.6 Å². The average molecular weight is 321 g/mol. The predicted octanol–water partition coefficient (Wildman–Crippen LogP) is 2.86. The highest BCUT2D eigenvalue weighted by Crippen LogP contribution is 2.40. The Kier molecular flexibility index (Phi) is 4.31. The highest BCUT2D eigenvalue weighted by molar-refractivity contribution is 6.33. The molecule has 0 spiro atoms. The van der Waals surface area contributed by atoms with Crippen molar-refractivity contribution >= 4 is 29.1 Å². The summed E-state index contributed by atoms with van der Waals surface area (Å²) in [6.45, 7) is 0.414. The van der Waals surface area contributed by atoms with Crippen molar-refractivity contribution in [1.29, 1.82) is 0 Å². The molecule has 0 aliphatic heterocycles. The van der Waals surface area contributed by atoms with E-state index in [4.69, 9.17) is 16.7 Å². The number of phenolic OH excluding ortho intramolecular Hbond substituents is 1. The molecule has 0 radical (unpaired) electrons. The third-order valence-corrected chi connectivity index (χ3v) is 3.66. The van der Waals surface area contributed by atoms with Crippen LogP contribution in [0.3, 0.4) is 0 Å². The number of hydrogen-bond donors (Lipinski definition) is 4. The number of aliphatic hydroxyl groups is 1. The van der Waals surface area contributed by atoms with Gasteiger partial charge < -0.3 is 20.8 Å². The summed E-state index contributed by atoms with van der Waals surface area (Å²) in [4.78, 5) is 8.84. The first kappa shape index (κ1) is 14.9. The minimum absolute atomic E-state index is 0.0174. The number of anilines is 3. The van der Waals surface area contributed by atoms with Gasteiger partial charge in [0.25, 0.3) is 0 Å². The Morgan fingerprint density at radius 2 is 2.05 bits per heavy atom. The molecule has 0 bridgehead atoms. The van der Waals surface area contributed by atoms with E-state index in [-0.39, 0.29) is 12.4 Å². The third kappa shape index (κ3) is 3.58. The molecular weight excluding hydrogens is 304 g/mol. The highest BCUT2D eigenvalue weighted by Gasteiger charge is 2.26. The van der Waals surface area contributed by atoms with Crippen molar-refractivity contribution in [2.75, 3.05) is 23.8 Å². The molecule has 3 rings (SSSR count). The van der Waals surface area contributed by atoms with Crippen LogP contribution in [0.4, 0.5) is 17.5 Å². The maximum atomic E-state index is 9.40. The molecule has 6 nitrogen and oxygen atoms in total. The number of halogens is 1. The van der Waals surface area contributed by atoms with Crippen LogP contribution in [0.5, 0.6) is 5.75 Å². The molecule has 4 N–H and O–H groups in total. The van der Waals surface area contributed by atoms with Crippen LogP contribution in [-0.2, 0) is 0 Å². The zero-order chi connectivity index (χ0) is 15.5. The van der Waals surface area contributed by atoms with Crippen molar-refractivity contribution in [2.45, 2.75) is 18.8 Å². The Hall–Kier alpha value is -2.05. The SMILES string of the molecule is OCCNc1nc(Nc2ccc(O)cc2Cl)cc(C2CC2)n1. The zero-order valence-corrected chi connectivity index (χ0v) is 12.6. The van der Waals surface area contributed by atoms with Crippen molar-refractivity contribution in [3.05, 3.63) is 35.0 Å². The van der Waals surface area contributed by atoms with Gasteiger partial charge >= 0.3 is 0 Å². The second-order valence-electron chi connectivity index (χ2n) is 5.22. The van der Waals surface area contributed by atoms with E-state index in [2.05, 4.69) is 20.6 Å².